The average Bonchev–Trinajstić information content (AvgIpc) is 2.27. The van der Waals surface area contributed by atoms with Crippen molar-refractivity contribution in [1.82, 2.24) is 9.97 Å². The van der Waals surface area contributed by atoms with Crippen molar-refractivity contribution in [2.75, 3.05) is 5.75 Å². The fraction of sp³-hybridized carbons (Fsp3) is 0.545. The number of hydrogen-bond acceptors (Lipinski definition) is 6. The summed E-state index contributed by atoms with van der Waals surface area (Å²) in [6.07, 6.45) is -0.320. The van der Waals surface area contributed by atoms with Gasteiger partial charge in [-0.2, -0.15) is 0 Å². The molecule has 7 heteroatoms. The van der Waals surface area contributed by atoms with Gasteiger partial charge in [0.25, 0.3) is 0 Å². The van der Waals surface area contributed by atoms with E-state index in [1.807, 2.05) is 0 Å². The summed E-state index contributed by atoms with van der Waals surface area (Å²) in [5, 5.41) is 19.9. The lowest BCUT2D eigenvalue weighted by molar-refractivity contribution is -0.109. The first-order chi connectivity index (χ1) is 8.41. The first-order valence-corrected chi connectivity index (χ1v) is 6.76. The summed E-state index contributed by atoms with van der Waals surface area (Å²) in [6.45, 7) is 3.15. The van der Waals surface area contributed by atoms with Crippen molar-refractivity contribution in [2.45, 2.75) is 32.5 Å². The second kappa shape index (κ2) is 7.04. The zero-order valence-corrected chi connectivity index (χ0v) is 11.7. The number of aromatic nitrogens is 2. The molecule has 0 amide bonds. The lowest BCUT2D eigenvalue weighted by Gasteiger charge is -2.18. The van der Waals surface area contributed by atoms with Gasteiger partial charge in [0.15, 0.2) is 5.12 Å². The summed E-state index contributed by atoms with van der Waals surface area (Å²) in [4.78, 5) is 18.4. The van der Waals surface area contributed by atoms with Crippen molar-refractivity contribution in [2.24, 2.45) is 0 Å². The lowest BCUT2D eigenvalue weighted by atomic mass is 10.0. The Morgan fingerprint density at radius 1 is 1.56 bits per heavy atom. The summed E-state index contributed by atoms with van der Waals surface area (Å²) in [7, 11) is 0. The van der Waals surface area contributed by atoms with Gasteiger partial charge in [0.05, 0.1) is 6.10 Å². The van der Waals surface area contributed by atoms with E-state index in [0.29, 0.717) is 23.4 Å². The van der Waals surface area contributed by atoms with E-state index in [4.69, 9.17) is 11.6 Å². The van der Waals surface area contributed by atoms with Crippen molar-refractivity contribution in [3.05, 3.63) is 22.7 Å². The van der Waals surface area contributed by atoms with Gasteiger partial charge in [-0.3, -0.25) is 4.79 Å². The predicted octanol–water partition coefficient (Wildman–Crippen LogP) is 1.50. The van der Waals surface area contributed by atoms with E-state index in [0.717, 1.165) is 11.8 Å². The molecule has 2 unspecified atom stereocenters. The maximum atomic E-state index is 10.7. The van der Waals surface area contributed by atoms with Gasteiger partial charge in [0.2, 0.25) is 5.28 Å². The van der Waals surface area contributed by atoms with E-state index in [1.165, 1.54) is 13.1 Å². The third-order valence-corrected chi connectivity index (χ3v) is 3.42. The van der Waals surface area contributed by atoms with Crippen LogP contribution in [0.1, 0.15) is 30.7 Å². The highest BCUT2D eigenvalue weighted by Crippen LogP contribution is 2.22. The molecule has 1 aromatic rings. The standard InChI is InChI=1S/C11H15ClN2O3S/c1-6-8(5-13-11(12)14-6)10(17)9(16)3-4-18-7(2)15/h5,9-10,16-17H,3-4H2,1-2H3. The smallest absolute Gasteiger partial charge is 0.222 e. The van der Waals surface area contributed by atoms with E-state index < -0.39 is 12.2 Å². The Morgan fingerprint density at radius 2 is 2.22 bits per heavy atom. The van der Waals surface area contributed by atoms with Crippen LogP contribution < -0.4 is 0 Å². The Balaban J connectivity index is 2.62. The Bertz CT molecular complexity index is 431. The normalized spacial score (nSPS) is 14.3. The molecule has 0 aromatic carbocycles. The second-order valence-corrected chi connectivity index (χ2v) is 5.43. The Hall–Kier alpha value is -0.690. The molecule has 5 nitrogen and oxygen atoms in total. The topological polar surface area (TPSA) is 83.3 Å². The zero-order valence-electron chi connectivity index (χ0n) is 10.1. The molecule has 0 saturated carbocycles. The molecular weight excluding hydrogens is 276 g/mol. The van der Waals surface area contributed by atoms with Crippen LogP contribution in [0.5, 0.6) is 0 Å². The summed E-state index contributed by atoms with van der Waals surface area (Å²) in [5.74, 6) is 0.459. The quantitative estimate of drug-likeness (QED) is 0.800. The Labute approximate surface area is 115 Å². The molecule has 1 rings (SSSR count). The number of hydrogen-bond donors (Lipinski definition) is 2. The molecule has 0 aliphatic carbocycles. The van der Waals surface area contributed by atoms with Crippen LogP contribution in [-0.4, -0.2) is 37.2 Å². The Morgan fingerprint density at radius 3 is 2.78 bits per heavy atom. The van der Waals surface area contributed by atoms with Crippen molar-refractivity contribution >= 4 is 28.5 Å². The van der Waals surface area contributed by atoms with Crippen molar-refractivity contribution in [3.8, 4) is 0 Å². The number of aryl methyl sites for hydroxylation is 1. The maximum Gasteiger partial charge on any atom is 0.222 e. The van der Waals surface area contributed by atoms with Gasteiger partial charge in [0.1, 0.15) is 6.10 Å². The number of rotatable bonds is 5. The highest BCUT2D eigenvalue weighted by Gasteiger charge is 2.21. The van der Waals surface area contributed by atoms with Crippen molar-refractivity contribution in [3.63, 3.8) is 0 Å². The van der Waals surface area contributed by atoms with Gasteiger partial charge in [-0.05, 0) is 24.9 Å². The second-order valence-electron chi connectivity index (χ2n) is 3.82. The molecule has 2 N–H and O–H groups in total. The lowest BCUT2D eigenvalue weighted by Crippen LogP contribution is -2.20. The summed E-state index contributed by atoms with van der Waals surface area (Å²) in [5.41, 5.74) is 0.973. The minimum absolute atomic E-state index is 0.0114. The predicted molar refractivity (Wildman–Crippen MR) is 70.5 cm³/mol. The van der Waals surface area contributed by atoms with Gasteiger partial charge in [-0.25, -0.2) is 9.97 Å². The number of carbonyl (C=O) groups is 1. The molecule has 0 radical (unpaired) electrons. The fourth-order valence-electron chi connectivity index (χ4n) is 1.43. The van der Waals surface area contributed by atoms with Crippen LogP contribution in [0.4, 0.5) is 0 Å². The third-order valence-electron chi connectivity index (χ3n) is 2.39. The molecule has 0 bridgehead atoms. The molecule has 18 heavy (non-hydrogen) atoms. The summed E-state index contributed by atoms with van der Waals surface area (Å²) < 4.78 is 0. The number of halogens is 1. The molecular formula is C11H15ClN2O3S. The van der Waals surface area contributed by atoms with E-state index in [1.54, 1.807) is 6.92 Å². The van der Waals surface area contributed by atoms with Crippen molar-refractivity contribution < 1.29 is 15.0 Å². The van der Waals surface area contributed by atoms with Crippen LogP contribution >= 0.6 is 23.4 Å². The molecule has 0 aliphatic heterocycles. The van der Waals surface area contributed by atoms with Crippen LogP contribution in [0.3, 0.4) is 0 Å². The first-order valence-electron chi connectivity index (χ1n) is 5.40. The number of aliphatic hydroxyl groups is 2. The number of thioether (sulfide) groups is 1. The van der Waals surface area contributed by atoms with Crippen LogP contribution in [0.25, 0.3) is 0 Å². The minimum Gasteiger partial charge on any atom is -0.390 e. The largest absolute Gasteiger partial charge is 0.390 e. The van der Waals surface area contributed by atoms with E-state index in [2.05, 4.69) is 9.97 Å². The minimum atomic E-state index is -1.07. The molecule has 1 heterocycles. The first kappa shape index (κ1) is 15.4. The number of aliphatic hydroxyl groups excluding tert-OH is 2. The van der Waals surface area contributed by atoms with Gasteiger partial charge in [-0.1, -0.05) is 11.8 Å². The molecule has 2 atom stereocenters. The van der Waals surface area contributed by atoms with E-state index in [-0.39, 0.29) is 10.4 Å². The monoisotopic (exact) mass is 290 g/mol. The van der Waals surface area contributed by atoms with E-state index >= 15 is 0 Å². The zero-order chi connectivity index (χ0) is 13.7. The van der Waals surface area contributed by atoms with Crippen molar-refractivity contribution in [1.29, 1.82) is 0 Å². The van der Waals surface area contributed by atoms with Crippen LogP contribution in [0.15, 0.2) is 6.20 Å². The molecule has 0 aliphatic rings. The molecule has 0 spiro atoms. The van der Waals surface area contributed by atoms with E-state index in [9.17, 15) is 15.0 Å². The van der Waals surface area contributed by atoms with Gasteiger partial charge in [-0.15, -0.1) is 0 Å². The molecule has 0 fully saturated rings. The van der Waals surface area contributed by atoms with Crippen LogP contribution in [0, 0.1) is 6.92 Å². The molecule has 0 saturated heterocycles. The number of carbonyl (C=O) groups excluding carboxylic acids is 1. The fourth-order valence-corrected chi connectivity index (χ4v) is 2.25. The van der Waals surface area contributed by atoms with Gasteiger partial charge < -0.3 is 10.2 Å². The maximum absolute atomic E-state index is 10.7. The van der Waals surface area contributed by atoms with Crippen LogP contribution in [-0.2, 0) is 4.79 Å². The Kier molecular flexibility index (Phi) is 6.01. The van der Waals surface area contributed by atoms with Gasteiger partial charge >= 0.3 is 0 Å². The summed E-state index contributed by atoms with van der Waals surface area (Å²) in [6, 6.07) is 0. The number of nitrogens with zero attached hydrogens (tertiary/aromatic N) is 2. The van der Waals surface area contributed by atoms with Crippen LogP contribution in [0.2, 0.25) is 5.28 Å². The highest BCUT2D eigenvalue weighted by atomic mass is 35.5. The SMILES string of the molecule is CC(=O)SCCC(O)C(O)c1cnc(Cl)nc1C. The summed E-state index contributed by atoms with van der Waals surface area (Å²) >= 11 is 6.73. The third kappa shape index (κ3) is 4.53. The molecule has 100 valence electrons. The average molecular weight is 291 g/mol. The highest BCUT2D eigenvalue weighted by molar-refractivity contribution is 8.13. The molecule has 1 aromatic heterocycles. The van der Waals surface area contributed by atoms with Gasteiger partial charge in [0, 0.05) is 30.1 Å².